The van der Waals surface area contributed by atoms with Crippen molar-refractivity contribution in [1.29, 1.82) is 0 Å². The highest BCUT2D eigenvalue weighted by Gasteiger charge is 2.30. The Hall–Kier alpha value is -3.52. The number of allylic oxidation sites excluding steroid dienone is 1. The largest absolute Gasteiger partial charge is 0.494 e. The van der Waals surface area contributed by atoms with E-state index in [4.69, 9.17) is 4.74 Å². The summed E-state index contributed by atoms with van der Waals surface area (Å²) in [5.41, 5.74) is 1.79. The molecule has 3 aromatic rings. The number of anilines is 1. The molecule has 0 aliphatic carbocycles. The summed E-state index contributed by atoms with van der Waals surface area (Å²) in [5.74, 6) is -0.0895. The maximum absolute atomic E-state index is 12.8. The van der Waals surface area contributed by atoms with Crippen molar-refractivity contribution in [3.63, 3.8) is 0 Å². The highest BCUT2D eigenvalue weighted by Crippen LogP contribution is 2.25. The Kier molecular flexibility index (Phi) is 5.81. The van der Waals surface area contributed by atoms with Gasteiger partial charge in [0.2, 0.25) is 11.8 Å². The van der Waals surface area contributed by atoms with Crippen molar-refractivity contribution < 1.29 is 19.1 Å². The number of benzene rings is 2. The van der Waals surface area contributed by atoms with E-state index in [9.17, 15) is 14.4 Å². The van der Waals surface area contributed by atoms with Crippen molar-refractivity contribution in [2.75, 3.05) is 11.5 Å². The third kappa shape index (κ3) is 4.06. The molecule has 0 bridgehead atoms. The van der Waals surface area contributed by atoms with Crippen molar-refractivity contribution in [3.8, 4) is 5.75 Å². The number of hydrogen-bond acceptors (Lipinski definition) is 5. The number of imide groups is 1. The van der Waals surface area contributed by atoms with Gasteiger partial charge in [0, 0.05) is 24.9 Å². The van der Waals surface area contributed by atoms with E-state index < -0.39 is 5.91 Å². The van der Waals surface area contributed by atoms with E-state index in [1.54, 1.807) is 30.3 Å². The van der Waals surface area contributed by atoms with E-state index in [0.29, 0.717) is 29.2 Å². The quantitative estimate of drug-likeness (QED) is 0.437. The van der Waals surface area contributed by atoms with Crippen LogP contribution < -0.4 is 14.4 Å². The third-order valence-corrected chi connectivity index (χ3v) is 5.94. The summed E-state index contributed by atoms with van der Waals surface area (Å²) in [7, 11) is 0. The zero-order valence-electron chi connectivity index (χ0n) is 17.0. The summed E-state index contributed by atoms with van der Waals surface area (Å²) < 4.78 is 8.46. The Morgan fingerprint density at radius 2 is 1.87 bits per heavy atom. The molecule has 0 saturated carbocycles. The van der Waals surface area contributed by atoms with E-state index in [0.717, 1.165) is 20.9 Å². The van der Waals surface area contributed by atoms with Crippen molar-refractivity contribution in [1.82, 2.24) is 4.57 Å². The molecule has 0 radical (unpaired) electrons. The van der Waals surface area contributed by atoms with Gasteiger partial charge in [0.15, 0.2) is 4.80 Å². The lowest BCUT2D eigenvalue weighted by molar-refractivity contribution is -0.121. The lowest BCUT2D eigenvalue weighted by Crippen LogP contribution is -2.28. The van der Waals surface area contributed by atoms with Gasteiger partial charge in [-0.05, 0) is 49.4 Å². The van der Waals surface area contributed by atoms with Gasteiger partial charge < -0.3 is 9.30 Å². The van der Waals surface area contributed by atoms with Crippen LogP contribution in [-0.4, -0.2) is 28.9 Å². The van der Waals surface area contributed by atoms with E-state index in [2.05, 4.69) is 11.6 Å². The second-order valence-electron chi connectivity index (χ2n) is 6.93. The molecule has 1 saturated heterocycles. The molecule has 1 aliphatic rings. The normalized spacial score (nSPS) is 14.5. The van der Waals surface area contributed by atoms with Crippen LogP contribution in [0.3, 0.4) is 0 Å². The van der Waals surface area contributed by atoms with Gasteiger partial charge >= 0.3 is 0 Å². The fourth-order valence-electron chi connectivity index (χ4n) is 3.47. The van der Waals surface area contributed by atoms with Crippen molar-refractivity contribution >= 4 is 45.0 Å². The van der Waals surface area contributed by atoms with Crippen LogP contribution in [0.1, 0.15) is 30.1 Å². The number of carbonyl (C=O) groups excluding carboxylic acids is 3. The van der Waals surface area contributed by atoms with Crippen molar-refractivity contribution in [2.24, 2.45) is 4.99 Å². The summed E-state index contributed by atoms with van der Waals surface area (Å²) in [6.07, 6.45) is 2.19. The number of hydrogen-bond donors (Lipinski definition) is 0. The Bertz CT molecular complexity index is 1240. The van der Waals surface area contributed by atoms with Crippen molar-refractivity contribution in [2.45, 2.75) is 26.3 Å². The molecule has 2 heterocycles. The van der Waals surface area contributed by atoms with E-state index in [1.807, 2.05) is 29.7 Å². The molecule has 0 atom stereocenters. The fraction of sp³-hybridized carbons (Fsp3) is 0.217. The first kappa shape index (κ1) is 20.7. The minimum Gasteiger partial charge on any atom is -0.494 e. The van der Waals surface area contributed by atoms with Crippen LogP contribution in [0.2, 0.25) is 0 Å². The number of fused-ring (bicyclic) bond motifs is 1. The van der Waals surface area contributed by atoms with Crippen LogP contribution in [-0.2, 0) is 16.1 Å². The number of nitrogens with zero attached hydrogens (tertiary/aromatic N) is 3. The Labute approximate surface area is 182 Å². The maximum atomic E-state index is 12.8. The molecule has 3 amide bonds. The van der Waals surface area contributed by atoms with Gasteiger partial charge in [-0.3, -0.25) is 19.3 Å². The molecule has 0 N–H and O–H groups in total. The van der Waals surface area contributed by atoms with Gasteiger partial charge in [-0.2, -0.15) is 4.99 Å². The van der Waals surface area contributed by atoms with Crippen LogP contribution in [0.25, 0.3) is 10.2 Å². The molecule has 7 nitrogen and oxygen atoms in total. The zero-order valence-corrected chi connectivity index (χ0v) is 17.9. The van der Waals surface area contributed by atoms with Gasteiger partial charge in [-0.25, -0.2) is 0 Å². The van der Waals surface area contributed by atoms with Crippen LogP contribution in [0.15, 0.2) is 60.1 Å². The number of amides is 3. The van der Waals surface area contributed by atoms with E-state index in [-0.39, 0.29) is 24.7 Å². The number of aromatic nitrogens is 1. The molecule has 0 unspecified atom stereocenters. The second kappa shape index (κ2) is 8.69. The number of ether oxygens (including phenoxy) is 1. The molecular formula is C23H21N3O4S. The molecule has 4 rings (SSSR count). The third-order valence-electron chi connectivity index (χ3n) is 4.90. The lowest BCUT2D eigenvalue weighted by atomic mass is 10.2. The predicted octanol–water partition coefficient (Wildman–Crippen LogP) is 3.68. The predicted molar refractivity (Wildman–Crippen MR) is 119 cm³/mol. The average Bonchev–Trinajstić information content (AvgIpc) is 3.27. The lowest BCUT2D eigenvalue weighted by Gasteiger charge is -2.13. The topological polar surface area (TPSA) is 81.0 Å². The molecule has 158 valence electrons. The number of thiazole rings is 1. The van der Waals surface area contributed by atoms with Gasteiger partial charge in [-0.1, -0.05) is 17.4 Å². The fourth-order valence-corrected chi connectivity index (χ4v) is 4.54. The first-order valence-corrected chi connectivity index (χ1v) is 10.8. The first-order chi connectivity index (χ1) is 15.0. The maximum Gasteiger partial charge on any atom is 0.279 e. The average molecular weight is 436 g/mol. The van der Waals surface area contributed by atoms with E-state index in [1.165, 1.54) is 11.3 Å². The highest BCUT2D eigenvalue weighted by molar-refractivity contribution is 7.16. The summed E-state index contributed by atoms with van der Waals surface area (Å²) >= 11 is 1.40. The minimum absolute atomic E-state index is 0.217. The molecule has 8 heteroatoms. The molecule has 0 spiro atoms. The monoisotopic (exact) mass is 435 g/mol. The number of carbonyl (C=O) groups is 3. The first-order valence-electron chi connectivity index (χ1n) is 9.94. The zero-order chi connectivity index (χ0) is 22.0. The Morgan fingerprint density at radius 3 is 2.52 bits per heavy atom. The van der Waals surface area contributed by atoms with E-state index >= 15 is 0 Å². The SMILES string of the molecule is C=CCn1c(=NC(=O)c2ccc(N3C(=O)CCC3=O)cc2)sc2cc(OCC)ccc21. The molecule has 1 aliphatic heterocycles. The Morgan fingerprint density at radius 1 is 1.16 bits per heavy atom. The van der Waals surface area contributed by atoms with Gasteiger partial charge in [-0.15, -0.1) is 6.58 Å². The smallest absolute Gasteiger partial charge is 0.279 e. The van der Waals surface area contributed by atoms with Crippen LogP contribution in [0.4, 0.5) is 5.69 Å². The van der Waals surface area contributed by atoms with Gasteiger partial charge in [0.1, 0.15) is 5.75 Å². The highest BCUT2D eigenvalue weighted by atomic mass is 32.1. The molecule has 31 heavy (non-hydrogen) atoms. The second-order valence-corrected chi connectivity index (χ2v) is 7.94. The minimum atomic E-state index is -0.403. The summed E-state index contributed by atoms with van der Waals surface area (Å²) in [4.78, 5) is 42.6. The molecular weight excluding hydrogens is 414 g/mol. The van der Waals surface area contributed by atoms with Crippen LogP contribution >= 0.6 is 11.3 Å². The van der Waals surface area contributed by atoms with Gasteiger partial charge in [0.25, 0.3) is 5.91 Å². The summed E-state index contributed by atoms with van der Waals surface area (Å²) in [6, 6.07) is 12.1. The van der Waals surface area contributed by atoms with Crippen LogP contribution in [0, 0.1) is 0 Å². The molecule has 2 aromatic carbocycles. The summed E-state index contributed by atoms with van der Waals surface area (Å²) in [6.45, 7) is 6.81. The Balaban J connectivity index is 1.68. The van der Waals surface area contributed by atoms with Gasteiger partial charge in [0.05, 0.1) is 22.5 Å². The molecule has 1 fully saturated rings. The van der Waals surface area contributed by atoms with Crippen LogP contribution in [0.5, 0.6) is 5.75 Å². The standard InChI is InChI=1S/C23H21N3O4S/c1-3-13-25-18-10-9-17(30-4-2)14-19(18)31-23(25)24-22(29)15-5-7-16(8-6-15)26-20(27)11-12-21(26)28/h3,5-10,14H,1,4,11-13H2,2H3. The van der Waals surface area contributed by atoms with Crippen molar-refractivity contribution in [3.05, 3.63) is 65.5 Å². The number of rotatable bonds is 6. The summed E-state index contributed by atoms with van der Waals surface area (Å²) in [5, 5.41) is 0. The molecule has 1 aromatic heterocycles.